The first-order valence-corrected chi connectivity index (χ1v) is 8.25. The lowest BCUT2D eigenvalue weighted by Gasteiger charge is -2.13. The zero-order chi connectivity index (χ0) is 18.5. The third kappa shape index (κ3) is 4.25. The molecule has 134 valence electrons. The predicted octanol–water partition coefficient (Wildman–Crippen LogP) is 2.04. The fraction of sp³-hybridized carbons (Fsp3) is 0.211. The maximum atomic E-state index is 11.3. The predicted molar refractivity (Wildman–Crippen MR) is 102 cm³/mol. The standard InChI is InChI=1S/C19H21N5O2/c1-24(2)14-8-6-13(7-9-14)15-10-11-20-19(23-15)21-12-17(25)16-4-3-5-18(26)22-16/h3-11,17,25H,12H2,1-2H3,(H,22,26)(H,20,21,23). The van der Waals surface area contributed by atoms with Crippen molar-refractivity contribution in [1.29, 1.82) is 0 Å². The monoisotopic (exact) mass is 351 g/mol. The first-order chi connectivity index (χ1) is 12.5. The Morgan fingerprint density at radius 2 is 1.92 bits per heavy atom. The number of nitrogens with zero attached hydrogens (tertiary/aromatic N) is 3. The smallest absolute Gasteiger partial charge is 0.248 e. The molecule has 7 nitrogen and oxygen atoms in total. The van der Waals surface area contributed by atoms with Gasteiger partial charge in [0.1, 0.15) is 6.10 Å². The third-order valence-corrected chi connectivity index (χ3v) is 3.94. The second-order valence-electron chi connectivity index (χ2n) is 6.07. The summed E-state index contributed by atoms with van der Waals surface area (Å²) in [5.74, 6) is 0.413. The highest BCUT2D eigenvalue weighted by Gasteiger charge is 2.09. The minimum Gasteiger partial charge on any atom is -0.385 e. The van der Waals surface area contributed by atoms with Gasteiger partial charge < -0.3 is 20.3 Å². The summed E-state index contributed by atoms with van der Waals surface area (Å²) in [5.41, 5.74) is 3.08. The summed E-state index contributed by atoms with van der Waals surface area (Å²) in [6.07, 6.45) is 0.803. The van der Waals surface area contributed by atoms with Gasteiger partial charge in [0.25, 0.3) is 0 Å². The zero-order valence-electron chi connectivity index (χ0n) is 14.7. The zero-order valence-corrected chi connectivity index (χ0v) is 14.7. The molecule has 26 heavy (non-hydrogen) atoms. The summed E-state index contributed by atoms with van der Waals surface area (Å²) in [5, 5.41) is 13.2. The first-order valence-electron chi connectivity index (χ1n) is 8.25. The molecule has 2 heterocycles. The van der Waals surface area contributed by atoms with Crippen LogP contribution in [0.3, 0.4) is 0 Å². The summed E-state index contributed by atoms with van der Waals surface area (Å²) in [4.78, 5) is 24.6. The van der Waals surface area contributed by atoms with Crippen LogP contribution in [0.5, 0.6) is 0 Å². The molecule has 1 atom stereocenters. The highest BCUT2D eigenvalue weighted by atomic mass is 16.3. The van der Waals surface area contributed by atoms with Gasteiger partial charge in [-0.25, -0.2) is 9.97 Å². The van der Waals surface area contributed by atoms with Crippen molar-refractivity contribution in [2.45, 2.75) is 6.10 Å². The summed E-state index contributed by atoms with van der Waals surface area (Å²) in [7, 11) is 3.99. The number of hydrogen-bond donors (Lipinski definition) is 3. The van der Waals surface area contributed by atoms with E-state index >= 15 is 0 Å². The van der Waals surface area contributed by atoms with Crippen LogP contribution in [-0.4, -0.2) is 40.7 Å². The number of pyridine rings is 1. The lowest BCUT2D eigenvalue weighted by Crippen LogP contribution is -2.17. The molecule has 0 fully saturated rings. The Balaban J connectivity index is 1.70. The molecule has 0 saturated carbocycles. The molecule has 7 heteroatoms. The van der Waals surface area contributed by atoms with Crippen LogP contribution in [0.25, 0.3) is 11.3 Å². The maximum absolute atomic E-state index is 11.3. The molecule has 0 spiro atoms. The Hall–Kier alpha value is -3.19. The van der Waals surface area contributed by atoms with Gasteiger partial charge in [0.05, 0.1) is 5.69 Å². The summed E-state index contributed by atoms with van der Waals surface area (Å²) in [6.45, 7) is 0.184. The van der Waals surface area contributed by atoms with Crippen LogP contribution >= 0.6 is 0 Å². The molecule has 1 unspecified atom stereocenters. The Labute approximate surface area is 151 Å². The van der Waals surface area contributed by atoms with Crippen molar-refractivity contribution in [3.8, 4) is 11.3 Å². The van der Waals surface area contributed by atoms with E-state index in [-0.39, 0.29) is 12.1 Å². The van der Waals surface area contributed by atoms with Crippen LogP contribution < -0.4 is 15.8 Å². The van der Waals surface area contributed by atoms with Gasteiger partial charge in [0.2, 0.25) is 11.5 Å². The van der Waals surface area contributed by atoms with Crippen LogP contribution in [0.2, 0.25) is 0 Å². The van der Waals surface area contributed by atoms with Crippen molar-refractivity contribution in [1.82, 2.24) is 15.0 Å². The van der Waals surface area contributed by atoms with Gasteiger partial charge in [0, 0.05) is 49.8 Å². The minimum atomic E-state index is -0.865. The summed E-state index contributed by atoms with van der Waals surface area (Å²) in [6, 6.07) is 14.6. The fourth-order valence-corrected chi connectivity index (χ4v) is 2.49. The van der Waals surface area contributed by atoms with Gasteiger partial charge in [0.15, 0.2) is 0 Å². The lowest BCUT2D eigenvalue weighted by molar-refractivity contribution is 0.186. The Morgan fingerprint density at radius 3 is 2.62 bits per heavy atom. The third-order valence-electron chi connectivity index (χ3n) is 3.94. The van der Waals surface area contributed by atoms with Crippen LogP contribution in [0.1, 0.15) is 11.8 Å². The molecule has 3 rings (SSSR count). The van der Waals surface area contributed by atoms with E-state index in [1.54, 1.807) is 18.3 Å². The molecule has 0 aliphatic rings. The number of aromatic amines is 1. The van der Waals surface area contributed by atoms with Crippen molar-refractivity contribution < 1.29 is 5.11 Å². The van der Waals surface area contributed by atoms with Gasteiger partial charge in [-0.1, -0.05) is 18.2 Å². The quantitative estimate of drug-likeness (QED) is 0.629. The highest BCUT2D eigenvalue weighted by molar-refractivity contribution is 5.63. The van der Waals surface area contributed by atoms with Crippen LogP contribution in [0.4, 0.5) is 11.6 Å². The molecule has 0 saturated heterocycles. The topological polar surface area (TPSA) is 94.1 Å². The van der Waals surface area contributed by atoms with Crippen molar-refractivity contribution in [2.24, 2.45) is 0 Å². The van der Waals surface area contributed by atoms with Gasteiger partial charge in [-0.3, -0.25) is 4.79 Å². The summed E-state index contributed by atoms with van der Waals surface area (Å²) >= 11 is 0. The fourth-order valence-electron chi connectivity index (χ4n) is 2.49. The molecule has 0 aliphatic heterocycles. The number of rotatable bonds is 6. The van der Waals surface area contributed by atoms with E-state index in [0.717, 1.165) is 16.9 Å². The molecule has 0 aliphatic carbocycles. The minimum absolute atomic E-state index is 0.184. The van der Waals surface area contributed by atoms with E-state index in [4.69, 9.17) is 0 Å². The molecule has 0 amide bonds. The molecule has 3 aromatic rings. The van der Waals surface area contributed by atoms with Crippen molar-refractivity contribution in [3.63, 3.8) is 0 Å². The molecule has 1 aromatic carbocycles. The first kappa shape index (κ1) is 17.6. The highest BCUT2D eigenvalue weighted by Crippen LogP contribution is 2.21. The van der Waals surface area contributed by atoms with Gasteiger partial charge in [-0.2, -0.15) is 0 Å². The average molecular weight is 351 g/mol. The van der Waals surface area contributed by atoms with Gasteiger partial charge >= 0.3 is 0 Å². The largest absolute Gasteiger partial charge is 0.385 e. The number of benzene rings is 1. The number of nitrogens with one attached hydrogen (secondary N) is 2. The van der Waals surface area contributed by atoms with E-state index in [1.165, 1.54) is 6.07 Å². The molecule has 0 bridgehead atoms. The van der Waals surface area contributed by atoms with E-state index < -0.39 is 6.10 Å². The molecule has 0 radical (unpaired) electrons. The molecule has 2 aromatic heterocycles. The number of aliphatic hydroxyl groups excluding tert-OH is 1. The Bertz CT molecular complexity index is 921. The van der Waals surface area contributed by atoms with E-state index in [9.17, 15) is 9.90 Å². The number of H-pyrrole nitrogens is 1. The summed E-state index contributed by atoms with van der Waals surface area (Å²) < 4.78 is 0. The normalized spacial score (nSPS) is 11.8. The maximum Gasteiger partial charge on any atom is 0.248 e. The Morgan fingerprint density at radius 1 is 1.15 bits per heavy atom. The Kier molecular flexibility index (Phi) is 5.28. The van der Waals surface area contributed by atoms with Crippen molar-refractivity contribution in [3.05, 3.63) is 70.8 Å². The van der Waals surface area contributed by atoms with Gasteiger partial charge in [-0.15, -0.1) is 0 Å². The number of aliphatic hydroxyl groups is 1. The molecule has 3 N–H and O–H groups in total. The van der Waals surface area contributed by atoms with Crippen molar-refractivity contribution in [2.75, 3.05) is 30.9 Å². The average Bonchev–Trinajstić information content (AvgIpc) is 2.66. The number of hydrogen-bond acceptors (Lipinski definition) is 6. The van der Waals surface area contributed by atoms with Crippen LogP contribution in [0.15, 0.2) is 59.5 Å². The number of anilines is 2. The number of aromatic nitrogens is 3. The van der Waals surface area contributed by atoms with Crippen LogP contribution in [0, 0.1) is 0 Å². The lowest BCUT2D eigenvalue weighted by atomic mass is 10.1. The van der Waals surface area contributed by atoms with E-state index in [1.807, 2.05) is 49.3 Å². The van der Waals surface area contributed by atoms with Gasteiger partial charge in [-0.05, 0) is 24.3 Å². The van der Waals surface area contributed by atoms with Crippen molar-refractivity contribution >= 4 is 11.6 Å². The van der Waals surface area contributed by atoms with E-state index in [0.29, 0.717) is 11.6 Å². The molecular weight excluding hydrogens is 330 g/mol. The van der Waals surface area contributed by atoms with E-state index in [2.05, 4.69) is 20.3 Å². The second kappa shape index (κ2) is 7.79. The van der Waals surface area contributed by atoms with Crippen LogP contribution in [-0.2, 0) is 0 Å². The molecular formula is C19H21N5O2. The SMILES string of the molecule is CN(C)c1ccc(-c2ccnc(NCC(O)c3cccc(=O)[nH]3)n2)cc1. The second-order valence-corrected chi connectivity index (χ2v) is 6.07.